The van der Waals surface area contributed by atoms with E-state index in [0.29, 0.717) is 0 Å². The van der Waals surface area contributed by atoms with Crippen molar-refractivity contribution in [3.05, 3.63) is 0 Å². The van der Waals surface area contributed by atoms with Crippen LogP contribution in [0.4, 0.5) is 0 Å². The van der Waals surface area contributed by atoms with Gasteiger partial charge in [-0.25, -0.2) is 0 Å². The van der Waals surface area contributed by atoms with Gasteiger partial charge in [0.2, 0.25) is 0 Å². The van der Waals surface area contributed by atoms with Crippen molar-refractivity contribution in [2.75, 3.05) is 46.3 Å². The van der Waals surface area contributed by atoms with Gasteiger partial charge >= 0.3 is 0 Å². The molecule has 1 unspecified atom stereocenters. The number of unbranched alkanes of at least 4 members (excludes halogenated alkanes) is 2. The molecule has 1 N–H and O–H groups in total. The van der Waals surface area contributed by atoms with E-state index in [9.17, 15) is 0 Å². The number of rotatable bonds is 8. The zero-order chi connectivity index (χ0) is 12.5. The molecule has 1 saturated heterocycles. The Morgan fingerprint density at radius 2 is 1.94 bits per heavy atom. The molecule has 1 atom stereocenters. The minimum atomic E-state index is 0.767. The van der Waals surface area contributed by atoms with Gasteiger partial charge in [-0.3, -0.25) is 4.90 Å². The van der Waals surface area contributed by atoms with Gasteiger partial charge in [0.05, 0.1) is 0 Å². The molecule has 0 saturated carbocycles. The molecule has 0 aromatic heterocycles. The van der Waals surface area contributed by atoms with Crippen molar-refractivity contribution in [1.29, 1.82) is 0 Å². The maximum atomic E-state index is 3.56. The molecule has 0 bridgehead atoms. The summed E-state index contributed by atoms with van der Waals surface area (Å²) in [5, 5.41) is 3.56. The quantitative estimate of drug-likeness (QED) is 0.654. The molecular formula is C14H31N3. The van der Waals surface area contributed by atoms with Crippen molar-refractivity contribution in [3.63, 3.8) is 0 Å². The van der Waals surface area contributed by atoms with Crippen LogP contribution in [-0.2, 0) is 0 Å². The molecule has 1 fully saturated rings. The summed E-state index contributed by atoms with van der Waals surface area (Å²) >= 11 is 0. The largest absolute Gasteiger partial charge is 0.315 e. The predicted molar refractivity (Wildman–Crippen MR) is 75.5 cm³/mol. The fraction of sp³-hybridized carbons (Fsp3) is 1.00. The minimum Gasteiger partial charge on any atom is -0.315 e. The summed E-state index contributed by atoms with van der Waals surface area (Å²) in [5.41, 5.74) is 0. The van der Waals surface area contributed by atoms with Gasteiger partial charge in [-0.2, -0.15) is 0 Å². The average Bonchev–Trinajstić information content (AvgIpc) is 2.35. The molecule has 0 spiro atoms. The summed E-state index contributed by atoms with van der Waals surface area (Å²) in [4.78, 5) is 5.12. The lowest BCUT2D eigenvalue weighted by Crippen LogP contribution is -2.52. The third kappa shape index (κ3) is 5.84. The van der Waals surface area contributed by atoms with E-state index in [2.05, 4.69) is 36.0 Å². The molecule has 0 amide bonds. The topological polar surface area (TPSA) is 18.5 Å². The van der Waals surface area contributed by atoms with E-state index >= 15 is 0 Å². The van der Waals surface area contributed by atoms with Crippen LogP contribution in [0, 0.1) is 0 Å². The van der Waals surface area contributed by atoms with Crippen LogP contribution in [0.1, 0.15) is 39.5 Å². The summed E-state index contributed by atoms with van der Waals surface area (Å²) in [6.45, 7) is 11.9. The standard InChI is InChI=1S/C14H31N3/c1-4-6-7-8-15-9-10-17-12-11-16(3)14(5-2)13-17/h14-15H,4-13H2,1-3H3. The van der Waals surface area contributed by atoms with E-state index in [1.807, 2.05) is 0 Å². The van der Waals surface area contributed by atoms with Gasteiger partial charge in [0.25, 0.3) is 0 Å². The van der Waals surface area contributed by atoms with E-state index in [4.69, 9.17) is 0 Å². The Morgan fingerprint density at radius 1 is 1.12 bits per heavy atom. The Hall–Kier alpha value is -0.120. The van der Waals surface area contributed by atoms with Crippen molar-refractivity contribution in [2.45, 2.75) is 45.6 Å². The number of likely N-dealkylation sites (N-methyl/N-ethyl adjacent to an activating group) is 1. The second-order valence-corrected chi connectivity index (χ2v) is 5.30. The fourth-order valence-corrected chi connectivity index (χ4v) is 2.52. The van der Waals surface area contributed by atoms with Gasteiger partial charge in [0.15, 0.2) is 0 Å². The SMILES string of the molecule is CCCCCNCCN1CCN(C)C(CC)C1. The summed E-state index contributed by atoms with van der Waals surface area (Å²) in [6.07, 6.45) is 5.28. The molecule has 1 heterocycles. The highest BCUT2D eigenvalue weighted by Crippen LogP contribution is 2.09. The number of nitrogens with one attached hydrogen (secondary N) is 1. The van der Waals surface area contributed by atoms with Crippen LogP contribution in [0.2, 0.25) is 0 Å². The first-order valence-electron chi connectivity index (χ1n) is 7.41. The maximum absolute atomic E-state index is 3.56. The first-order chi connectivity index (χ1) is 8.27. The van der Waals surface area contributed by atoms with Gasteiger partial charge in [-0.15, -0.1) is 0 Å². The Morgan fingerprint density at radius 3 is 2.65 bits per heavy atom. The molecule has 3 nitrogen and oxygen atoms in total. The van der Waals surface area contributed by atoms with Crippen molar-refractivity contribution < 1.29 is 0 Å². The van der Waals surface area contributed by atoms with E-state index < -0.39 is 0 Å². The van der Waals surface area contributed by atoms with E-state index in [0.717, 1.165) is 12.6 Å². The Balaban J connectivity index is 2.03. The highest BCUT2D eigenvalue weighted by Gasteiger charge is 2.21. The van der Waals surface area contributed by atoms with Crippen molar-refractivity contribution in [3.8, 4) is 0 Å². The Kier molecular flexibility index (Phi) is 7.82. The summed E-state index contributed by atoms with van der Waals surface area (Å²) < 4.78 is 0. The van der Waals surface area contributed by atoms with Crippen molar-refractivity contribution in [2.24, 2.45) is 0 Å². The van der Waals surface area contributed by atoms with E-state index in [-0.39, 0.29) is 0 Å². The smallest absolute Gasteiger partial charge is 0.0218 e. The molecule has 1 aliphatic rings. The van der Waals surface area contributed by atoms with Crippen LogP contribution in [0.15, 0.2) is 0 Å². The lowest BCUT2D eigenvalue weighted by atomic mass is 10.1. The van der Waals surface area contributed by atoms with E-state index in [1.165, 1.54) is 58.4 Å². The van der Waals surface area contributed by atoms with Gasteiger partial charge in [-0.1, -0.05) is 26.7 Å². The lowest BCUT2D eigenvalue weighted by Gasteiger charge is -2.39. The first kappa shape index (κ1) is 14.9. The molecule has 0 aliphatic carbocycles. The first-order valence-corrected chi connectivity index (χ1v) is 7.41. The second kappa shape index (κ2) is 8.90. The monoisotopic (exact) mass is 241 g/mol. The third-order valence-electron chi connectivity index (χ3n) is 3.89. The number of hydrogen-bond donors (Lipinski definition) is 1. The Bertz CT molecular complexity index is 184. The number of hydrogen-bond acceptors (Lipinski definition) is 3. The molecule has 0 aromatic carbocycles. The molecule has 0 aromatic rings. The van der Waals surface area contributed by atoms with Gasteiger partial charge in [0.1, 0.15) is 0 Å². The molecule has 102 valence electrons. The van der Waals surface area contributed by atoms with Crippen molar-refractivity contribution >= 4 is 0 Å². The molecule has 1 aliphatic heterocycles. The zero-order valence-electron chi connectivity index (χ0n) is 12.0. The summed E-state index contributed by atoms with van der Waals surface area (Å²) in [6, 6.07) is 0.767. The van der Waals surface area contributed by atoms with E-state index in [1.54, 1.807) is 0 Å². The maximum Gasteiger partial charge on any atom is 0.0218 e. The third-order valence-corrected chi connectivity index (χ3v) is 3.89. The van der Waals surface area contributed by atoms with Crippen LogP contribution in [0.5, 0.6) is 0 Å². The number of nitrogens with zero attached hydrogens (tertiary/aromatic N) is 2. The normalized spacial score (nSPS) is 23.1. The van der Waals surface area contributed by atoms with Gasteiger partial charge in [-0.05, 0) is 26.4 Å². The summed E-state index contributed by atoms with van der Waals surface area (Å²) in [7, 11) is 2.26. The lowest BCUT2D eigenvalue weighted by molar-refractivity contribution is 0.0939. The predicted octanol–water partition coefficient (Wildman–Crippen LogP) is 1.79. The minimum absolute atomic E-state index is 0.767. The van der Waals surface area contributed by atoms with Crippen LogP contribution >= 0.6 is 0 Å². The second-order valence-electron chi connectivity index (χ2n) is 5.30. The van der Waals surface area contributed by atoms with Gasteiger partial charge < -0.3 is 10.2 Å². The molecule has 0 radical (unpaired) electrons. The Labute approximate surface area is 108 Å². The van der Waals surface area contributed by atoms with Crippen molar-refractivity contribution in [1.82, 2.24) is 15.1 Å². The van der Waals surface area contributed by atoms with Gasteiger partial charge in [0, 0.05) is 38.8 Å². The number of piperazine rings is 1. The van der Waals surface area contributed by atoms with Crippen LogP contribution in [-0.4, -0.2) is 62.2 Å². The fourth-order valence-electron chi connectivity index (χ4n) is 2.52. The van der Waals surface area contributed by atoms with Crippen LogP contribution in [0.3, 0.4) is 0 Å². The van der Waals surface area contributed by atoms with Crippen LogP contribution in [0.25, 0.3) is 0 Å². The molecule has 1 rings (SSSR count). The highest BCUT2D eigenvalue weighted by atomic mass is 15.3. The molecule has 17 heavy (non-hydrogen) atoms. The molecule has 3 heteroatoms. The summed E-state index contributed by atoms with van der Waals surface area (Å²) in [5.74, 6) is 0. The van der Waals surface area contributed by atoms with Crippen LogP contribution < -0.4 is 5.32 Å². The average molecular weight is 241 g/mol. The zero-order valence-corrected chi connectivity index (χ0v) is 12.0. The highest BCUT2D eigenvalue weighted by molar-refractivity contribution is 4.79. The molecular weight excluding hydrogens is 210 g/mol.